The number of nitro groups is 1. The lowest BCUT2D eigenvalue weighted by Gasteiger charge is -2.08. The summed E-state index contributed by atoms with van der Waals surface area (Å²) in [6, 6.07) is 9.43. The Hall–Kier alpha value is -2.67. The van der Waals surface area contributed by atoms with Crippen LogP contribution in [0.25, 0.3) is 0 Å². The molecule has 0 bridgehead atoms. The summed E-state index contributed by atoms with van der Waals surface area (Å²) < 4.78 is 18.5. The number of halogens is 2. The van der Waals surface area contributed by atoms with Crippen molar-refractivity contribution in [2.75, 3.05) is 11.9 Å². The van der Waals surface area contributed by atoms with Crippen LogP contribution >= 0.6 is 11.6 Å². The molecule has 0 atom stereocenters. The average Bonchev–Trinajstić information content (AvgIpc) is 2.48. The zero-order valence-electron chi connectivity index (χ0n) is 11.1. The third-order valence-corrected chi connectivity index (χ3v) is 2.86. The molecule has 0 spiro atoms. The molecule has 0 saturated heterocycles. The summed E-state index contributed by atoms with van der Waals surface area (Å²) in [4.78, 5) is 21.9. The van der Waals surface area contributed by atoms with Crippen molar-refractivity contribution in [2.24, 2.45) is 0 Å². The number of ether oxygens (including phenoxy) is 1. The number of carbonyl (C=O) groups is 1. The van der Waals surface area contributed by atoms with Gasteiger partial charge in [0.15, 0.2) is 12.4 Å². The number of nitro benzene ring substituents is 1. The van der Waals surface area contributed by atoms with E-state index in [4.69, 9.17) is 16.3 Å². The minimum atomic E-state index is -0.671. The van der Waals surface area contributed by atoms with Crippen LogP contribution in [-0.4, -0.2) is 17.4 Å². The lowest BCUT2D eigenvalue weighted by molar-refractivity contribution is -0.385. The summed E-state index contributed by atoms with van der Waals surface area (Å²) in [6.07, 6.45) is 0. The van der Waals surface area contributed by atoms with Crippen LogP contribution in [0.4, 0.5) is 15.8 Å². The van der Waals surface area contributed by atoms with Gasteiger partial charge < -0.3 is 10.1 Å². The summed E-state index contributed by atoms with van der Waals surface area (Å²) in [5, 5.41) is 13.4. The first-order chi connectivity index (χ1) is 10.5. The summed E-state index contributed by atoms with van der Waals surface area (Å²) >= 11 is 5.67. The number of rotatable bonds is 5. The maximum Gasteiger partial charge on any atom is 0.312 e. The molecule has 0 aliphatic rings. The maximum atomic E-state index is 13.4. The van der Waals surface area contributed by atoms with E-state index >= 15 is 0 Å². The molecule has 0 radical (unpaired) electrons. The SMILES string of the molecule is O=C(COc1ccc(Cl)cc1[N+](=O)[O-])Nc1ccccc1F. The fourth-order valence-electron chi connectivity index (χ4n) is 1.65. The van der Waals surface area contributed by atoms with Crippen molar-refractivity contribution in [2.45, 2.75) is 0 Å². The summed E-state index contributed by atoms with van der Waals surface area (Å²) in [5.74, 6) is -1.33. The molecule has 0 saturated carbocycles. The van der Waals surface area contributed by atoms with E-state index in [0.29, 0.717) is 0 Å². The number of carbonyl (C=O) groups excluding carboxylic acids is 1. The normalized spacial score (nSPS) is 10.1. The van der Waals surface area contributed by atoms with Crippen LogP contribution in [0.15, 0.2) is 42.5 Å². The van der Waals surface area contributed by atoms with Gasteiger partial charge in [0, 0.05) is 11.1 Å². The number of hydrogen-bond donors (Lipinski definition) is 1. The third-order valence-electron chi connectivity index (χ3n) is 2.62. The third kappa shape index (κ3) is 3.92. The molecular weight excluding hydrogens is 315 g/mol. The highest BCUT2D eigenvalue weighted by Crippen LogP contribution is 2.29. The Labute approximate surface area is 129 Å². The van der Waals surface area contributed by atoms with Gasteiger partial charge >= 0.3 is 5.69 Å². The molecule has 0 aliphatic heterocycles. The van der Waals surface area contributed by atoms with Crippen LogP contribution in [0.3, 0.4) is 0 Å². The highest BCUT2D eigenvalue weighted by atomic mass is 35.5. The van der Waals surface area contributed by atoms with Crippen molar-refractivity contribution in [1.29, 1.82) is 0 Å². The van der Waals surface area contributed by atoms with Gasteiger partial charge in [-0.1, -0.05) is 23.7 Å². The van der Waals surface area contributed by atoms with Gasteiger partial charge in [0.1, 0.15) is 5.82 Å². The highest BCUT2D eigenvalue weighted by molar-refractivity contribution is 6.30. The first-order valence-electron chi connectivity index (χ1n) is 6.08. The second kappa shape index (κ2) is 6.86. The molecule has 2 rings (SSSR count). The predicted molar refractivity (Wildman–Crippen MR) is 78.6 cm³/mol. The molecule has 1 N–H and O–H groups in total. The lowest BCUT2D eigenvalue weighted by Crippen LogP contribution is -2.21. The van der Waals surface area contributed by atoms with Crippen molar-refractivity contribution in [3.05, 3.63) is 63.4 Å². The van der Waals surface area contributed by atoms with Crippen LogP contribution in [0.5, 0.6) is 5.75 Å². The number of anilines is 1. The first-order valence-corrected chi connectivity index (χ1v) is 6.46. The van der Waals surface area contributed by atoms with Crippen molar-refractivity contribution in [3.63, 3.8) is 0 Å². The molecular formula is C14H10ClFN2O4. The molecule has 8 heteroatoms. The summed E-state index contributed by atoms with van der Waals surface area (Å²) in [7, 11) is 0. The smallest absolute Gasteiger partial charge is 0.312 e. The number of nitrogens with one attached hydrogen (secondary N) is 1. The van der Waals surface area contributed by atoms with E-state index in [9.17, 15) is 19.3 Å². The van der Waals surface area contributed by atoms with Gasteiger partial charge in [-0.25, -0.2) is 4.39 Å². The van der Waals surface area contributed by atoms with E-state index in [2.05, 4.69) is 5.32 Å². The quantitative estimate of drug-likeness (QED) is 0.675. The number of amides is 1. The van der Waals surface area contributed by atoms with E-state index < -0.39 is 23.3 Å². The van der Waals surface area contributed by atoms with Gasteiger partial charge in [0.25, 0.3) is 5.91 Å². The number of nitrogens with zero attached hydrogens (tertiary/aromatic N) is 1. The van der Waals surface area contributed by atoms with Crippen LogP contribution in [0, 0.1) is 15.9 Å². The minimum Gasteiger partial charge on any atom is -0.477 e. The van der Waals surface area contributed by atoms with Crippen LogP contribution in [0.2, 0.25) is 5.02 Å². The Kier molecular flexibility index (Phi) is 4.90. The fourth-order valence-corrected chi connectivity index (χ4v) is 1.81. The number of para-hydroxylation sites is 1. The van der Waals surface area contributed by atoms with Gasteiger partial charge in [0.05, 0.1) is 10.6 Å². The van der Waals surface area contributed by atoms with E-state index in [1.807, 2.05) is 0 Å². The lowest BCUT2D eigenvalue weighted by atomic mass is 10.3. The Bertz CT molecular complexity index is 724. The predicted octanol–water partition coefficient (Wildman–Crippen LogP) is 3.40. The molecule has 114 valence electrons. The molecule has 22 heavy (non-hydrogen) atoms. The van der Waals surface area contributed by atoms with Crippen molar-refractivity contribution < 1.29 is 18.8 Å². The van der Waals surface area contributed by atoms with E-state index in [1.54, 1.807) is 6.07 Å². The fraction of sp³-hybridized carbons (Fsp3) is 0.0714. The molecule has 0 aliphatic carbocycles. The van der Waals surface area contributed by atoms with Crippen LogP contribution < -0.4 is 10.1 Å². The summed E-state index contributed by atoms with van der Waals surface area (Å²) in [5.41, 5.74) is -0.354. The van der Waals surface area contributed by atoms with Crippen molar-refractivity contribution >= 4 is 28.9 Å². The van der Waals surface area contributed by atoms with Gasteiger partial charge in [-0.3, -0.25) is 14.9 Å². The number of benzene rings is 2. The van der Waals surface area contributed by atoms with Gasteiger partial charge in [-0.05, 0) is 24.3 Å². The topological polar surface area (TPSA) is 81.5 Å². The van der Waals surface area contributed by atoms with Crippen molar-refractivity contribution in [1.82, 2.24) is 0 Å². The Morgan fingerprint density at radius 1 is 1.32 bits per heavy atom. The van der Waals surface area contributed by atoms with Crippen LogP contribution in [0.1, 0.15) is 0 Å². The molecule has 0 fully saturated rings. The Balaban J connectivity index is 2.03. The monoisotopic (exact) mass is 324 g/mol. The standard InChI is InChI=1S/C14H10ClFN2O4/c15-9-5-6-13(12(7-9)18(20)21)22-8-14(19)17-11-4-2-1-3-10(11)16/h1-7H,8H2,(H,17,19). The van der Waals surface area contributed by atoms with Crippen LogP contribution in [-0.2, 0) is 4.79 Å². The second-order valence-corrected chi connectivity index (χ2v) is 4.62. The van der Waals surface area contributed by atoms with Gasteiger partial charge in [0.2, 0.25) is 0 Å². The molecule has 1 amide bonds. The largest absolute Gasteiger partial charge is 0.477 e. The number of hydrogen-bond acceptors (Lipinski definition) is 4. The van der Waals surface area contributed by atoms with Gasteiger partial charge in [-0.15, -0.1) is 0 Å². The molecule has 0 heterocycles. The average molecular weight is 325 g/mol. The van der Waals surface area contributed by atoms with Gasteiger partial charge in [-0.2, -0.15) is 0 Å². The Morgan fingerprint density at radius 2 is 2.05 bits per heavy atom. The second-order valence-electron chi connectivity index (χ2n) is 4.19. The maximum absolute atomic E-state index is 13.4. The zero-order valence-corrected chi connectivity index (χ0v) is 11.8. The van der Waals surface area contributed by atoms with E-state index in [-0.39, 0.29) is 22.1 Å². The zero-order chi connectivity index (χ0) is 16.1. The minimum absolute atomic E-state index is 0.00158. The molecule has 0 unspecified atom stereocenters. The van der Waals surface area contributed by atoms with E-state index in [1.165, 1.54) is 30.3 Å². The molecule has 2 aromatic rings. The molecule has 2 aromatic carbocycles. The summed E-state index contributed by atoms with van der Waals surface area (Å²) in [6.45, 7) is -0.503. The highest BCUT2D eigenvalue weighted by Gasteiger charge is 2.17. The first kappa shape index (κ1) is 15.7. The molecule has 0 aromatic heterocycles. The van der Waals surface area contributed by atoms with E-state index in [0.717, 1.165) is 6.07 Å². The Morgan fingerprint density at radius 3 is 2.73 bits per heavy atom. The van der Waals surface area contributed by atoms with Crippen molar-refractivity contribution in [3.8, 4) is 5.75 Å². The molecule has 6 nitrogen and oxygen atoms in total.